The first-order valence-electron chi connectivity index (χ1n) is 7.96. The maximum absolute atomic E-state index is 3.70. The van der Waals surface area contributed by atoms with Crippen molar-refractivity contribution in [3.05, 3.63) is 57.3 Å². The standard InChI is InChI=1S/C19H27NS/c1-5-10-20-19(18-13-21-12-15(18)4)17-8-6-16(7-9-17)11-14(2)3/h6-9,12-14,19-20H,5,10-11H2,1-4H3. The summed E-state index contributed by atoms with van der Waals surface area (Å²) >= 11 is 1.79. The molecule has 114 valence electrons. The number of aryl methyl sites for hydroxylation is 1. The molecule has 2 rings (SSSR count). The van der Waals surface area contributed by atoms with Crippen molar-refractivity contribution in [3.8, 4) is 0 Å². The Morgan fingerprint density at radius 3 is 2.33 bits per heavy atom. The first kappa shape index (κ1) is 16.3. The molecule has 0 saturated carbocycles. The second kappa shape index (κ2) is 7.77. The summed E-state index contributed by atoms with van der Waals surface area (Å²) in [6, 6.07) is 9.49. The number of hydrogen-bond donors (Lipinski definition) is 1. The van der Waals surface area contributed by atoms with Gasteiger partial charge in [-0.3, -0.25) is 0 Å². The van der Waals surface area contributed by atoms with E-state index in [1.807, 2.05) is 0 Å². The van der Waals surface area contributed by atoms with Crippen molar-refractivity contribution in [2.24, 2.45) is 5.92 Å². The van der Waals surface area contributed by atoms with Crippen molar-refractivity contribution in [2.45, 2.75) is 46.6 Å². The third kappa shape index (κ3) is 4.42. The summed E-state index contributed by atoms with van der Waals surface area (Å²) in [5.74, 6) is 0.712. The van der Waals surface area contributed by atoms with E-state index in [0.29, 0.717) is 12.0 Å². The Balaban J connectivity index is 2.22. The first-order chi connectivity index (χ1) is 10.1. The van der Waals surface area contributed by atoms with Crippen LogP contribution in [0.5, 0.6) is 0 Å². The summed E-state index contributed by atoms with van der Waals surface area (Å²) in [5, 5.41) is 8.22. The molecule has 0 fully saturated rings. The van der Waals surface area contributed by atoms with E-state index < -0.39 is 0 Å². The molecule has 2 heteroatoms. The van der Waals surface area contributed by atoms with Gasteiger partial charge >= 0.3 is 0 Å². The Morgan fingerprint density at radius 2 is 1.81 bits per heavy atom. The smallest absolute Gasteiger partial charge is 0.0587 e. The van der Waals surface area contributed by atoms with Crippen molar-refractivity contribution in [1.82, 2.24) is 5.32 Å². The highest BCUT2D eigenvalue weighted by molar-refractivity contribution is 7.08. The average molecular weight is 301 g/mol. The molecule has 0 amide bonds. The van der Waals surface area contributed by atoms with E-state index in [1.54, 1.807) is 11.3 Å². The van der Waals surface area contributed by atoms with Gasteiger partial charge in [0.1, 0.15) is 0 Å². The number of benzene rings is 1. The van der Waals surface area contributed by atoms with E-state index in [9.17, 15) is 0 Å². The minimum Gasteiger partial charge on any atom is -0.306 e. The molecule has 1 aromatic heterocycles. The SMILES string of the molecule is CCCNC(c1ccc(CC(C)C)cc1)c1cscc1C. The minimum absolute atomic E-state index is 0.323. The Bertz CT molecular complexity index is 539. The van der Waals surface area contributed by atoms with E-state index in [4.69, 9.17) is 0 Å². The van der Waals surface area contributed by atoms with Crippen LogP contribution in [-0.4, -0.2) is 6.54 Å². The molecular formula is C19H27NS. The van der Waals surface area contributed by atoms with Gasteiger partial charge in [-0.15, -0.1) is 0 Å². The largest absolute Gasteiger partial charge is 0.306 e. The van der Waals surface area contributed by atoms with Crippen LogP contribution in [-0.2, 0) is 6.42 Å². The molecule has 1 nitrogen and oxygen atoms in total. The van der Waals surface area contributed by atoms with Gasteiger partial charge in [0, 0.05) is 0 Å². The van der Waals surface area contributed by atoms with Crippen molar-refractivity contribution >= 4 is 11.3 Å². The summed E-state index contributed by atoms with van der Waals surface area (Å²) < 4.78 is 0. The summed E-state index contributed by atoms with van der Waals surface area (Å²) in [7, 11) is 0. The maximum atomic E-state index is 3.70. The third-order valence-corrected chi connectivity index (χ3v) is 4.64. The molecule has 1 aromatic carbocycles. The van der Waals surface area contributed by atoms with Crippen LogP contribution in [0.25, 0.3) is 0 Å². The number of rotatable bonds is 7. The van der Waals surface area contributed by atoms with Gasteiger partial charge < -0.3 is 5.32 Å². The van der Waals surface area contributed by atoms with Crippen molar-refractivity contribution in [3.63, 3.8) is 0 Å². The average Bonchev–Trinajstić information content (AvgIpc) is 2.87. The van der Waals surface area contributed by atoms with Gasteiger partial charge in [0.2, 0.25) is 0 Å². The fourth-order valence-electron chi connectivity index (χ4n) is 2.68. The Kier molecular flexibility index (Phi) is 6.01. The van der Waals surface area contributed by atoms with Crippen LogP contribution in [0.2, 0.25) is 0 Å². The fourth-order valence-corrected chi connectivity index (χ4v) is 3.56. The zero-order chi connectivity index (χ0) is 15.2. The van der Waals surface area contributed by atoms with Crippen LogP contribution in [0.3, 0.4) is 0 Å². The van der Waals surface area contributed by atoms with Crippen molar-refractivity contribution < 1.29 is 0 Å². The van der Waals surface area contributed by atoms with E-state index in [2.05, 4.69) is 68.0 Å². The van der Waals surface area contributed by atoms with Crippen LogP contribution in [0, 0.1) is 12.8 Å². The van der Waals surface area contributed by atoms with E-state index in [-0.39, 0.29) is 0 Å². The summed E-state index contributed by atoms with van der Waals surface area (Å²) in [5.41, 5.74) is 5.62. The Hall–Kier alpha value is -1.12. The molecule has 2 aromatic rings. The quantitative estimate of drug-likeness (QED) is 0.727. The van der Waals surface area contributed by atoms with Crippen molar-refractivity contribution in [2.75, 3.05) is 6.54 Å². The van der Waals surface area contributed by atoms with Crippen molar-refractivity contribution in [1.29, 1.82) is 0 Å². The Morgan fingerprint density at radius 1 is 1.10 bits per heavy atom. The Labute approximate surface area is 133 Å². The van der Waals surface area contributed by atoms with Gasteiger partial charge in [0.05, 0.1) is 6.04 Å². The van der Waals surface area contributed by atoms with E-state index in [0.717, 1.165) is 19.4 Å². The number of nitrogens with one attached hydrogen (secondary N) is 1. The lowest BCUT2D eigenvalue weighted by atomic mass is 9.95. The van der Waals surface area contributed by atoms with Gasteiger partial charge in [-0.05, 0) is 65.2 Å². The third-order valence-electron chi connectivity index (χ3n) is 3.76. The second-order valence-electron chi connectivity index (χ2n) is 6.24. The van der Waals surface area contributed by atoms with Crippen LogP contribution in [0.15, 0.2) is 35.0 Å². The molecule has 1 atom stereocenters. The lowest BCUT2D eigenvalue weighted by Gasteiger charge is -2.20. The zero-order valence-electron chi connectivity index (χ0n) is 13.6. The van der Waals surface area contributed by atoms with Gasteiger partial charge in [0.15, 0.2) is 0 Å². The van der Waals surface area contributed by atoms with Gasteiger partial charge in [0.25, 0.3) is 0 Å². The normalized spacial score (nSPS) is 12.8. The molecule has 0 aliphatic carbocycles. The maximum Gasteiger partial charge on any atom is 0.0587 e. The lowest BCUT2D eigenvalue weighted by Crippen LogP contribution is -2.23. The second-order valence-corrected chi connectivity index (χ2v) is 6.98. The number of hydrogen-bond acceptors (Lipinski definition) is 2. The summed E-state index contributed by atoms with van der Waals surface area (Å²) in [6.07, 6.45) is 2.32. The van der Waals surface area contributed by atoms with Crippen LogP contribution in [0.1, 0.15) is 55.5 Å². The molecule has 1 unspecified atom stereocenters. The summed E-state index contributed by atoms with van der Waals surface area (Å²) in [4.78, 5) is 0. The molecule has 0 aliphatic heterocycles. The zero-order valence-corrected chi connectivity index (χ0v) is 14.5. The molecule has 21 heavy (non-hydrogen) atoms. The van der Waals surface area contributed by atoms with Crippen LogP contribution in [0.4, 0.5) is 0 Å². The minimum atomic E-state index is 0.323. The topological polar surface area (TPSA) is 12.0 Å². The molecule has 0 bridgehead atoms. The molecular weight excluding hydrogens is 274 g/mol. The van der Waals surface area contributed by atoms with E-state index >= 15 is 0 Å². The number of thiophene rings is 1. The monoisotopic (exact) mass is 301 g/mol. The molecule has 0 radical (unpaired) electrons. The molecule has 0 saturated heterocycles. The van der Waals surface area contributed by atoms with E-state index in [1.165, 1.54) is 22.3 Å². The van der Waals surface area contributed by atoms with Crippen LogP contribution >= 0.6 is 11.3 Å². The fraction of sp³-hybridized carbons (Fsp3) is 0.474. The molecule has 0 aliphatic rings. The first-order valence-corrected chi connectivity index (χ1v) is 8.91. The highest BCUT2D eigenvalue weighted by Gasteiger charge is 2.16. The predicted molar refractivity (Wildman–Crippen MR) is 94.2 cm³/mol. The van der Waals surface area contributed by atoms with Gasteiger partial charge in [-0.25, -0.2) is 0 Å². The molecule has 0 spiro atoms. The summed E-state index contributed by atoms with van der Waals surface area (Å²) in [6.45, 7) is 10.0. The van der Waals surface area contributed by atoms with Gasteiger partial charge in [-0.2, -0.15) is 11.3 Å². The highest BCUT2D eigenvalue weighted by atomic mass is 32.1. The molecule has 1 heterocycles. The molecule has 1 N–H and O–H groups in total. The highest BCUT2D eigenvalue weighted by Crippen LogP contribution is 2.28. The lowest BCUT2D eigenvalue weighted by molar-refractivity contribution is 0.597. The predicted octanol–water partition coefficient (Wildman–Crippen LogP) is 5.34. The van der Waals surface area contributed by atoms with Crippen LogP contribution < -0.4 is 5.32 Å². The van der Waals surface area contributed by atoms with Gasteiger partial charge in [-0.1, -0.05) is 45.0 Å².